The minimum atomic E-state index is -5.68. The smallest absolute Gasteiger partial charge is 0.790 e. The predicted molar refractivity (Wildman–Crippen MR) is 80.0 cm³/mol. The van der Waals surface area contributed by atoms with Gasteiger partial charge in [-0.2, -0.15) is 0 Å². The van der Waals surface area contributed by atoms with Crippen molar-refractivity contribution in [3.63, 3.8) is 0 Å². The van der Waals surface area contributed by atoms with Crippen molar-refractivity contribution in [2.24, 2.45) is 0 Å². The molecular formula is C14H10FeO11P2. The zero-order valence-electron chi connectivity index (χ0n) is 13.5. The molecule has 2 aromatic carbocycles. The molecule has 0 bridgehead atoms. The minimum Gasteiger partial charge on any atom is -0.790 e. The van der Waals surface area contributed by atoms with E-state index in [1.165, 1.54) is 0 Å². The van der Waals surface area contributed by atoms with E-state index in [-0.39, 0.29) is 17.1 Å². The molecule has 0 saturated carbocycles. The molecule has 150 valence electrons. The van der Waals surface area contributed by atoms with E-state index in [9.17, 15) is 38.3 Å². The molecule has 0 amide bonds. The van der Waals surface area contributed by atoms with Crippen LogP contribution in [0.1, 0.15) is 20.7 Å². The van der Waals surface area contributed by atoms with Crippen LogP contribution in [-0.4, -0.2) is 11.9 Å². The summed E-state index contributed by atoms with van der Waals surface area (Å²) in [7, 11) is -11.4. The fourth-order valence-electron chi connectivity index (χ4n) is 1.44. The van der Waals surface area contributed by atoms with Gasteiger partial charge in [0, 0.05) is 0 Å². The molecule has 0 unspecified atom stereocenters. The summed E-state index contributed by atoms with van der Waals surface area (Å²) in [6, 6.07) is 16.6. The van der Waals surface area contributed by atoms with Gasteiger partial charge in [0.05, 0.1) is 26.8 Å². The van der Waals surface area contributed by atoms with Gasteiger partial charge < -0.3 is 33.0 Å². The molecule has 2 rings (SSSR count). The number of hydrogen-bond acceptors (Lipinski definition) is 11. The first-order chi connectivity index (χ1) is 12.5. The Morgan fingerprint density at radius 3 is 1.14 bits per heavy atom. The van der Waals surface area contributed by atoms with E-state index in [2.05, 4.69) is 14.1 Å². The Labute approximate surface area is 169 Å². The fraction of sp³-hybridized carbons (Fsp3) is 0. The van der Waals surface area contributed by atoms with Gasteiger partial charge in [0.25, 0.3) is 0 Å². The Morgan fingerprint density at radius 1 is 0.643 bits per heavy atom. The van der Waals surface area contributed by atoms with Crippen molar-refractivity contribution in [2.45, 2.75) is 0 Å². The summed E-state index contributed by atoms with van der Waals surface area (Å²) in [4.78, 5) is 69.2. The van der Waals surface area contributed by atoms with Crippen molar-refractivity contribution in [3.05, 3.63) is 71.8 Å². The van der Waals surface area contributed by atoms with Gasteiger partial charge in [-0.3, -0.25) is 0 Å². The molecule has 0 heterocycles. The molecule has 0 aliphatic heterocycles. The first kappa shape index (κ1) is 26.2. The van der Waals surface area contributed by atoms with Gasteiger partial charge in [0.1, 0.15) is 0 Å². The van der Waals surface area contributed by atoms with Crippen LogP contribution in [0.3, 0.4) is 0 Å². The number of hydrogen-bond donors (Lipinski definition) is 0. The molecule has 0 aliphatic carbocycles. The number of carbonyl (C=O) groups is 2. The Balaban J connectivity index is 0.000000627. The maximum absolute atomic E-state index is 11.5. The van der Waals surface area contributed by atoms with E-state index in [0.717, 1.165) is 0 Å². The summed E-state index contributed by atoms with van der Waals surface area (Å²) < 4.78 is 21.2. The first-order valence-corrected chi connectivity index (χ1v) is 9.69. The van der Waals surface area contributed by atoms with Gasteiger partial charge in [-0.1, -0.05) is 36.4 Å². The zero-order chi connectivity index (χ0) is 20.5. The van der Waals surface area contributed by atoms with E-state index in [1.54, 1.807) is 60.7 Å². The third-order valence-electron chi connectivity index (χ3n) is 2.41. The Morgan fingerprint density at radius 2 is 0.929 bits per heavy atom. The van der Waals surface area contributed by atoms with Crippen molar-refractivity contribution in [1.29, 1.82) is 0 Å². The van der Waals surface area contributed by atoms with Gasteiger partial charge >= 0.3 is 29.0 Å². The third kappa shape index (κ3) is 11.8. The second kappa shape index (κ2) is 11.9. The van der Waals surface area contributed by atoms with Crippen LogP contribution in [0, 0.1) is 0 Å². The minimum absolute atomic E-state index is 0. The average molecular weight is 472 g/mol. The number of carbonyl (C=O) groups excluding carboxylic acids is 2. The average Bonchev–Trinajstić information content (AvgIpc) is 2.58. The fourth-order valence-corrected chi connectivity index (χ4v) is 2.42. The van der Waals surface area contributed by atoms with E-state index in [1.807, 2.05) is 0 Å². The van der Waals surface area contributed by atoms with E-state index >= 15 is 0 Å². The molecule has 0 fully saturated rings. The van der Waals surface area contributed by atoms with Crippen molar-refractivity contribution in [1.82, 2.24) is 0 Å². The van der Waals surface area contributed by atoms with E-state index in [0.29, 0.717) is 11.1 Å². The van der Waals surface area contributed by atoms with Crippen LogP contribution in [0.4, 0.5) is 0 Å². The largest absolute Gasteiger partial charge is 4.00 e. The molecule has 0 saturated heterocycles. The zero-order valence-corrected chi connectivity index (χ0v) is 16.4. The van der Waals surface area contributed by atoms with Crippen LogP contribution < -0.4 is 19.6 Å². The van der Waals surface area contributed by atoms with Crippen LogP contribution in [0.15, 0.2) is 60.7 Å². The summed E-state index contributed by atoms with van der Waals surface area (Å²) in [5.41, 5.74) is 0.636. The molecule has 11 nitrogen and oxygen atoms in total. The van der Waals surface area contributed by atoms with Crippen LogP contribution >= 0.6 is 15.6 Å². The summed E-state index contributed by atoms with van der Waals surface area (Å²) in [5.74, 6) is -1.42. The molecule has 0 aliphatic rings. The van der Waals surface area contributed by atoms with Crippen LogP contribution in [0.2, 0.25) is 0 Å². The van der Waals surface area contributed by atoms with Gasteiger partial charge in [0.15, 0.2) is 0 Å². The topological polar surface area (TPSA) is 188 Å². The number of phosphoric acid groups is 2. The Bertz CT molecular complexity index is 777. The van der Waals surface area contributed by atoms with Gasteiger partial charge in [0.2, 0.25) is 0 Å². The standard InChI is InChI=1S/C14H10O4.Fe.H4O7P2/c15-13(11-7-3-1-4-8-11)17-18-14(16)12-9-5-2-6-10-12;;1-8(2,3)7-9(4,5)6/h1-10H;;(H2,1,2,3)(H2,4,5,6)/q;+4;/p-4. The maximum Gasteiger partial charge on any atom is 4.00 e. The molecular weight excluding hydrogens is 462 g/mol. The summed E-state index contributed by atoms with van der Waals surface area (Å²) in [6.45, 7) is 0. The predicted octanol–water partition coefficient (Wildman–Crippen LogP) is -0.727. The van der Waals surface area contributed by atoms with Crippen molar-refractivity contribution >= 4 is 27.6 Å². The Hall–Kier alpha value is -1.84. The molecule has 0 N–H and O–H groups in total. The second-order valence-corrected chi connectivity index (χ2v) is 6.89. The number of rotatable bonds is 4. The maximum atomic E-state index is 11.5. The monoisotopic (exact) mass is 472 g/mol. The van der Waals surface area contributed by atoms with Gasteiger partial charge in [-0.15, -0.1) is 0 Å². The Kier molecular flexibility index (Phi) is 11.1. The summed E-state index contributed by atoms with van der Waals surface area (Å²) in [6.07, 6.45) is 0. The van der Waals surface area contributed by atoms with Gasteiger partial charge in [-0.05, 0) is 24.3 Å². The SMILES string of the molecule is O=C(OOC(=O)c1ccccc1)c1ccccc1.O=P([O-])([O-])OP(=O)([O-])[O-].[Fe+4]. The third-order valence-corrected chi connectivity index (χ3v) is 4.01. The summed E-state index contributed by atoms with van der Waals surface area (Å²) in [5, 5.41) is 0. The van der Waals surface area contributed by atoms with Crippen LogP contribution in [0.5, 0.6) is 0 Å². The molecule has 0 atom stereocenters. The van der Waals surface area contributed by atoms with Crippen LogP contribution in [-0.2, 0) is 40.3 Å². The van der Waals surface area contributed by atoms with E-state index < -0.39 is 27.6 Å². The first-order valence-electron chi connectivity index (χ1n) is 6.77. The number of benzene rings is 2. The van der Waals surface area contributed by atoms with Crippen molar-refractivity contribution < 1.29 is 69.4 Å². The molecule has 14 heteroatoms. The van der Waals surface area contributed by atoms with Crippen molar-refractivity contribution in [2.75, 3.05) is 0 Å². The molecule has 0 spiro atoms. The molecule has 2 aromatic rings. The van der Waals surface area contributed by atoms with Gasteiger partial charge in [-0.25, -0.2) is 19.4 Å². The van der Waals surface area contributed by atoms with E-state index in [4.69, 9.17) is 0 Å². The normalized spacial score (nSPS) is 10.6. The molecule has 0 aromatic heterocycles. The molecule has 28 heavy (non-hydrogen) atoms. The molecule has 0 radical (unpaired) electrons. The van der Waals surface area contributed by atoms with Crippen LogP contribution in [0.25, 0.3) is 0 Å². The summed E-state index contributed by atoms with van der Waals surface area (Å²) >= 11 is 0. The van der Waals surface area contributed by atoms with Crippen molar-refractivity contribution in [3.8, 4) is 0 Å². The second-order valence-electron chi connectivity index (χ2n) is 4.45. The quantitative estimate of drug-likeness (QED) is 0.236.